The Morgan fingerprint density at radius 3 is 1.74 bits per heavy atom. The lowest BCUT2D eigenvalue weighted by Crippen LogP contribution is -2.25. The smallest absolute Gasteiger partial charge is 0.0725 e. The first-order valence-corrected chi connectivity index (χ1v) is 12.5. The summed E-state index contributed by atoms with van der Waals surface area (Å²) in [5.41, 5.74) is 14.4. The van der Waals surface area contributed by atoms with Gasteiger partial charge in [-0.05, 0) is 62.7 Å². The largest absolute Gasteiger partial charge is 0.355 e. The molecule has 8 rings (SSSR count). The SMILES string of the molecule is CC1(C)C=Cc2[nH]c3cc4c(cc3c2C=C1)C1(c2ccccc2-c2ccccc21)c1ccccc1-4. The van der Waals surface area contributed by atoms with Crippen LogP contribution in [0.1, 0.15) is 47.4 Å². The van der Waals surface area contributed by atoms with Gasteiger partial charge in [0.15, 0.2) is 0 Å². The van der Waals surface area contributed by atoms with Crippen LogP contribution >= 0.6 is 0 Å². The molecule has 1 nitrogen and oxygen atoms in total. The van der Waals surface area contributed by atoms with Crippen molar-refractivity contribution in [3.63, 3.8) is 0 Å². The molecule has 1 heterocycles. The molecule has 0 atom stereocenters. The van der Waals surface area contributed by atoms with Gasteiger partial charge in [0.1, 0.15) is 0 Å². The number of H-pyrrole nitrogens is 1. The van der Waals surface area contributed by atoms with Gasteiger partial charge in [0.2, 0.25) is 0 Å². The summed E-state index contributed by atoms with van der Waals surface area (Å²) in [7, 11) is 0. The minimum atomic E-state index is -0.291. The topological polar surface area (TPSA) is 15.8 Å². The maximum absolute atomic E-state index is 3.73. The Labute approximate surface area is 205 Å². The second kappa shape index (κ2) is 6.31. The fourth-order valence-electron chi connectivity index (χ4n) is 6.78. The van der Waals surface area contributed by atoms with Crippen LogP contribution in [-0.4, -0.2) is 4.98 Å². The molecule has 166 valence electrons. The molecule has 1 N–H and O–H groups in total. The van der Waals surface area contributed by atoms with Crippen LogP contribution in [0.3, 0.4) is 0 Å². The number of benzene rings is 4. The van der Waals surface area contributed by atoms with Crippen LogP contribution in [0.5, 0.6) is 0 Å². The molecule has 5 aromatic rings. The van der Waals surface area contributed by atoms with E-state index in [0.717, 1.165) is 0 Å². The zero-order valence-electron chi connectivity index (χ0n) is 19.9. The van der Waals surface area contributed by atoms with Crippen LogP contribution in [0.2, 0.25) is 0 Å². The molecular formula is C34H25N. The Morgan fingerprint density at radius 1 is 0.571 bits per heavy atom. The van der Waals surface area contributed by atoms with Crippen molar-refractivity contribution in [1.82, 2.24) is 4.98 Å². The molecule has 4 aromatic carbocycles. The van der Waals surface area contributed by atoms with Gasteiger partial charge < -0.3 is 4.98 Å². The molecule has 3 aliphatic carbocycles. The van der Waals surface area contributed by atoms with Crippen LogP contribution < -0.4 is 0 Å². The summed E-state index contributed by atoms with van der Waals surface area (Å²) >= 11 is 0. The summed E-state index contributed by atoms with van der Waals surface area (Å²) in [4.78, 5) is 3.73. The fraction of sp³-hybridized carbons (Fsp3) is 0.118. The molecule has 3 aliphatic rings. The lowest BCUT2D eigenvalue weighted by molar-refractivity contribution is 0.633. The Kier molecular flexibility index (Phi) is 3.47. The third kappa shape index (κ3) is 2.29. The fourth-order valence-corrected chi connectivity index (χ4v) is 6.78. The number of aromatic nitrogens is 1. The maximum Gasteiger partial charge on any atom is 0.0725 e. The lowest BCUT2D eigenvalue weighted by atomic mass is 9.70. The molecule has 1 heteroatoms. The van der Waals surface area contributed by atoms with Crippen molar-refractivity contribution in [1.29, 1.82) is 0 Å². The van der Waals surface area contributed by atoms with Crippen LogP contribution in [0.4, 0.5) is 0 Å². The number of fused-ring (bicyclic) bond motifs is 13. The van der Waals surface area contributed by atoms with Gasteiger partial charge in [-0.25, -0.2) is 0 Å². The molecule has 0 saturated heterocycles. The number of nitrogens with one attached hydrogen (secondary N) is 1. The Hall–Kier alpha value is -4.10. The molecule has 35 heavy (non-hydrogen) atoms. The lowest BCUT2D eigenvalue weighted by Gasteiger charge is -2.30. The van der Waals surface area contributed by atoms with E-state index in [-0.39, 0.29) is 10.8 Å². The minimum absolute atomic E-state index is 0.0453. The molecule has 0 radical (unpaired) electrons. The van der Waals surface area contributed by atoms with Crippen molar-refractivity contribution >= 4 is 23.1 Å². The third-order valence-corrected chi connectivity index (χ3v) is 8.34. The van der Waals surface area contributed by atoms with Gasteiger partial charge in [-0.15, -0.1) is 0 Å². The van der Waals surface area contributed by atoms with Gasteiger partial charge in [-0.1, -0.05) is 105 Å². The highest BCUT2D eigenvalue weighted by molar-refractivity contribution is 6.02. The number of allylic oxidation sites excluding steroid dienone is 2. The molecule has 0 unspecified atom stereocenters. The molecule has 0 amide bonds. The zero-order chi connectivity index (χ0) is 23.4. The van der Waals surface area contributed by atoms with E-state index in [1.807, 2.05) is 0 Å². The molecular weight excluding hydrogens is 422 g/mol. The summed E-state index contributed by atoms with van der Waals surface area (Å²) in [6, 6.07) is 31.9. The van der Waals surface area contributed by atoms with Crippen LogP contribution in [-0.2, 0) is 5.41 Å². The molecule has 0 aliphatic heterocycles. The van der Waals surface area contributed by atoms with Crippen molar-refractivity contribution < 1.29 is 0 Å². The molecule has 0 fully saturated rings. The second-order valence-corrected chi connectivity index (χ2v) is 10.8. The summed E-state index contributed by atoms with van der Waals surface area (Å²) in [5, 5.41) is 1.30. The van der Waals surface area contributed by atoms with Crippen LogP contribution in [0.25, 0.3) is 45.3 Å². The van der Waals surface area contributed by atoms with Gasteiger partial charge in [0.25, 0.3) is 0 Å². The maximum atomic E-state index is 3.73. The number of hydrogen-bond donors (Lipinski definition) is 1. The van der Waals surface area contributed by atoms with Gasteiger partial charge in [0, 0.05) is 27.6 Å². The summed E-state index contributed by atoms with van der Waals surface area (Å²) in [6.45, 7) is 4.51. The summed E-state index contributed by atoms with van der Waals surface area (Å²) in [6.07, 6.45) is 9.18. The van der Waals surface area contributed by atoms with Gasteiger partial charge in [-0.2, -0.15) is 0 Å². The first kappa shape index (κ1) is 19.2. The van der Waals surface area contributed by atoms with Gasteiger partial charge in [0.05, 0.1) is 5.41 Å². The van der Waals surface area contributed by atoms with E-state index < -0.39 is 0 Å². The zero-order valence-corrected chi connectivity index (χ0v) is 19.9. The van der Waals surface area contributed by atoms with E-state index in [9.17, 15) is 0 Å². The predicted molar refractivity (Wildman–Crippen MR) is 146 cm³/mol. The van der Waals surface area contributed by atoms with E-state index in [1.54, 1.807) is 0 Å². The minimum Gasteiger partial charge on any atom is -0.355 e. The molecule has 0 bridgehead atoms. The van der Waals surface area contributed by atoms with Gasteiger partial charge >= 0.3 is 0 Å². The first-order valence-electron chi connectivity index (χ1n) is 12.5. The van der Waals surface area contributed by atoms with Gasteiger partial charge in [-0.3, -0.25) is 0 Å². The quantitative estimate of drug-likeness (QED) is 0.240. The average Bonchev–Trinajstić information content (AvgIpc) is 3.44. The number of hydrogen-bond acceptors (Lipinski definition) is 0. The molecule has 0 saturated carbocycles. The highest BCUT2D eigenvalue weighted by Crippen LogP contribution is 2.63. The second-order valence-electron chi connectivity index (χ2n) is 10.8. The predicted octanol–water partition coefficient (Wildman–Crippen LogP) is 8.58. The van der Waals surface area contributed by atoms with Crippen molar-refractivity contribution in [2.45, 2.75) is 19.3 Å². The Balaban J connectivity index is 1.53. The Bertz CT molecular complexity index is 1730. The molecule has 1 aromatic heterocycles. The number of aromatic amines is 1. The standard InChI is InChI=1S/C34H25N/c1-33(2)17-15-24-26-19-30-25(20-32(26)35-31(24)16-18-33)23-11-5-8-14-29(23)34(30)27-12-6-3-9-21(27)22-10-4-7-13-28(22)34/h3-20,35H,1-2H3. The van der Waals surface area contributed by atoms with E-state index >= 15 is 0 Å². The van der Waals surface area contributed by atoms with Crippen molar-refractivity contribution in [2.75, 3.05) is 0 Å². The summed E-state index contributed by atoms with van der Waals surface area (Å²) < 4.78 is 0. The highest BCUT2D eigenvalue weighted by atomic mass is 14.7. The van der Waals surface area contributed by atoms with E-state index in [4.69, 9.17) is 0 Å². The first-order chi connectivity index (χ1) is 17.1. The van der Waals surface area contributed by atoms with E-state index in [2.05, 4.69) is 128 Å². The van der Waals surface area contributed by atoms with E-state index in [1.165, 1.54) is 66.7 Å². The highest BCUT2D eigenvalue weighted by Gasteiger charge is 2.51. The average molecular weight is 448 g/mol. The van der Waals surface area contributed by atoms with Crippen molar-refractivity contribution in [2.24, 2.45) is 5.41 Å². The van der Waals surface area contributed by atoms with Crippen LogP contribution in [0, 0.1) is 5.41 Å². The van der Waals surface area contributed by atoms with E-state index in [0.29, 0.717) is 0 Å². The Morgan fingerprint density at radius 2 is 1.11 bits per heavy atom. The molecule has 1 spiro atoms. The summed E-state index contributed by atoms with van der Waals surface area (Å²) in [5.74, 6) is 0. The van der Waals surface area contributed by atoms with Crippen molar-refractivity contribution in [3.8, 4) is 22.3 Å². The van der Waals surface area contributed by atoms with Crippen LogP contribution in [0.15, 0.2) is 97.1 Å². The monoisotopic (exact) mass is 447 g/mol. The third-order valence-electron chi connectivity index (χ3n) is 8.34. The van der Waals surface area contributed by atoms with Crippen molar-refractivity contribution in [3.05, 3.63) is 131 Å². The normalized spacial score (nSPS) is 17.1. The number of rotatable bonds is 0.